The number of hydrogen-bond acceptors (Lipinski definition) is 3. The first kappa shape index (κ1) is 15.6. The number of urea groups is 1. The fourth-order valence-electron chi connectivity index (χ4n) is 2.08. The summed E-state index contributed by atoms with van der Waals surface area (Å²) in [6.07, 6.45) is 0.539. The zero-order chi connectivity index (χ0) is 15.1. The molecule has 1 aromatic carbocycles. The van der Waals surface area contributed by atoms with Crippen molar-refractivity contribution in [2.45, 2.75) is 19.4 Å². The SMILES string of the molecule is CC[C@H](CNC(=O)N1CCOCC1)Oc1cccc(F)c1. The molecule has 2 amide bonds. The summed E-state index contributed by atoms with van der Waals surface area (Å²) in [5.41, 5.74) is 0. The molecule has 0 bridgehead atoms. The third-order valence-electron chi connectivity index (χ3n) is 3.33. The van der Waals surface area contributed by atoms with Gasteiger partial charge >= 0.3 is 6.03 Å². The van der Waals surface area contributed by atoms with E-state index in [0.717, 1.165) is 6.42 Å². The number of amides is 2. The second kappa shape index (κ2) is 7.83. The minimum absolute atomic E-state index is 0.111. The van der Waals surface area contributed by atoms with Gasteiger partial charge in [-0.2, -0.15) is 0 Å². The van der Waals surface area contributed by atoms with Gasteiger partial charge in [-0.1, -0.05) is 13.0 Å². The molecule has 1 fully saturated rings. The van der Waals surface area contributed by atoms with Crippen LogP contribution in [-0.4, -0.2) is 49.9 Å². The Morgan fingerprint density at radius 2 is 2.24 bits per heavy atom. The molecular weight excluding hydrogens is 275 g/mol. The Morgan fingerprint density at radius 1 is 1.48 bits per heavy atom. The van der Waals surface area contributed by atoms with E-state index in [1.54, 1.807) is 17.0 Å². The van der Waals surface area contributed by atoms with Crippen molar-refractivity contribution >= 4 is 6.03 Å². The molecular formula is C15H21FN2O3. The van der Waals surface area contributed by atoms with Crippen molar-refractivity contribution in [2.75, 3.05) is 32.8 Å². The van der Waals surface area contributed by atoms with Crippen LogP contribution in [0.15, 0.2) is 24.3 Å². The van der Waals surface area contributed by atoms with E-state index < -0.39 is 0 Å². The number of carbonyl (C=O) groups excluding carboxylic acids is 1. The van der Waals surface area contributed by atoms with E-state index in [1.165, 1.54) is 12.1 Å². The van der Waals surface area contributed by atoms with Crippen molar-refractivity contribution < 1.29 is 18.7 Å². The number of halogens is 1. The minimum Gasteiger partial charge on any atom is -0.489 e. The van der Waals surface area contributed by atoms with Crippen LogP contribution >= 0.6 is 0 Å². The number of hydrogen-bond donors (Lipinski definition) is 1. The summed E-state index contributed by atoms with van der Waals surface area (Å²) in [7, 11) is 0. The molecule has 21 heavy (non-hydrogen) atoms. The number of benzene rings is 1. The van der Waals surface area contributed by atoms with E-state index in [9.17, 15) is 9.18 Å². The molecule has 0 saturated carbocycles. The van der Waals surface area contributed by atoms with E-state index in [4.69, 9.17) is 9.47 Å². The molecule has 1 heterocycles. The number of nitrogens with zero attached hydrogens (tertiary/aromatic N) is 1. The molecule has 116 valence electrons. The van der Waals surface area contributed by atoms with E-state index in [0.29, 0.717) is 38.6 Å². The fraction of sp³-hybridized carbons (Fsp3) is 0.533. The van der Waals surface area contributed by atoms with E-state index in [2.05, 4.69) is 5.32 Å². The van der Waals surface area contributed by atoms with Crippen molar-refractivity contribution in [1.29, 1.82) is 0 Å². The Morgan fingerprint density at radius 3 is 2.90 bits per heavy atom. The van der Waals surface area contributed by atoms with Crippen LogP contribution in [0.25, 0.3) is 0 Å². The number of rotatable bonds is 5. The molecule has 0 unspecified atom stereocenters. The molecule has 1 aromatic rings. The van der Waals surface area contributed by atoms with Gasteiger partial charge in [0.25, 0.3) is 0 Å². The van der Waals surface area contributed by atoms with E-state index in [1.807, 2.05) is 6.92 Å². The van der Waals surface area contributed by atoms with Crippen LogP contribution in [0.4, 0.5) is 9.18 Å². The quantitative estimate of drug-likeness (QED) is 0.904. The van der Waals surface area contributed by atoms with Crippen LogP contribution in [-0.2, 0) is 4.74 Å². The predicted molar refractivity (Wildman–Crippen MR) is 76.9 cm³/mol. The van der Waals surface area contributed by atoms with Gasteiger partial charge in [-0.3, -0.25) is 0 Å². The molecule has 1 N–H and O–H groups in total. The second-order valence-corrected chi connectivity index (χ2v) is 4.89. The lowest BCUT2D eigenvalue weighted by Crippen LogP contribution is -2.48. The summed E-state index contributed by atoms with van der Waals surface area (Å²) in [5.74, 6) is 0.141. The van der Waals surface area contributed by atoms with Crippen LogP contribution in [0.3, 0.4) is 0 Å². The maximum Gasteiger partial charge on any atom is 0.317 e. The molecule has 0 aliphatic carbocycles. The van der Waals surface area contributed by atoms with Crippen LogP contribution in [0.5, 0.6) is 5.75 Å². The molecule has 0 spiro atoms. The summed E-state index contributed by atoms with van der Waals surface area (Å²) >= 11 is 0. The first-order valence-corrected chi connectivity index (χ1v) is 7.21. The topological polar surface area (TPSA) is 50.8 Å². The highest BCUT2D eigenvalue weighted by Crippen LogP contribution is 2.14. The normalized spacial score (nSPS) is 16.4. The number of morpholine rings is 1. The zero-order valence-electron chi connectivity index (χ0n) is 12.2. The Labute approximate surface area is 124 Å². The largest absolute Gasteiger partial charge is 0.489 e. The van der Waals surface area contributed by atoms with Crippen molar-refractivity contribution in [2.24, 2.45) is 0 Å². The Kier molecular flexibility index (Phi) is 5.80. The summed E-state index contributed by atoms with van der Waals surface area (Å²) < 4.78 is 24.0. The predicted octanol–water partition coefficient (Wildman–Crippen LogP) is 2.02. The van der Waals surface area contributed by atoms with Gasteiger partial charge in [-0.25, -0.2) is 9.18 Å². The van der Waals surface area contributed by atoms with Crippen LogP contribution in [0, 0.1) is 5.82 Å². The molecule has 1 saturated heterocycles. The van der Waals surface area contributed by atoms with Gasteiger partial charge < -0.3 is 19.7 Å². The molecule has 6 heteroatoms. The maximum atomic E-state index is 13.1. The number of ether oxygens (including phenoxy) is 2. The second-order valence-electron chi connectivity index (χ2n) is 4.89. The third kappa shape index (κ3) is 4.90. The minimum atomic E-state index is -0.334. The molecule has 5 nitrogen and oxygen atoms in total. The van der Waals surface area contributed by atoms with Crippen molar-refractivity contribution in [3.8, 4) is 5.75 Å². The van der Waals surface area contributed by atoms with Crippen LogP contribution in [0.2, 0.25) is 0 Å². The van der Waals surface area contributed by atoms with Gasteiger partial charge in [0.15, 0.2) is 0 Å². The van der Waals surface area contributed by atoms with Crippen molar-refractivity contribution in [3.05, 3.63) is 30.1 Å². The van der Waals surface area contributed by atoms with Gasteiger partial charge in [-0.15, -0.1) is 0 Å². The van der Waals surface area contributed by atoms with E-state index in [-0.39, 0.29) is 18.0 Å². The monoisotopic (exact) mass is 296 g/mol. The smallest absolute Gasteiger partial charge is 0.317 e. The zero-order valence-corrected chi connectivity index (χ0v) is 12.2. The molecule has 1 aliphatic heterocycles. The number of carbonyl (C=O) groups is 1. The van der Waals surface area contributed by atoms with Gasteiger partial charge in [0.2, 0.25) is 0 Å². The average Bonchev–Trinajstić information content (AvgIpc) is 2.52. The highest BCUT2D eigenvalue weighted by Gasteiger charge is 2.18. The Bertz CT molecular complexity index is 464. The van der Waals surface area contributed by atoms with E-state index >= 15 is 0 Å². The molecule has 2 rings (SSSR count). The molecule has 1 aliphatic rings. The summed E-state index contributed by atoms with van der Waals surface area (Å²) in [4.78, 5) is 13.7. The maximum absolute atomic E-state index is 13.1. The molecule has 1 atom stereocenters. The van der Waals surface area contributed by atoms with Gasteiger partial charge in [-0.05, 0) is 18.6 Å². The lowest BCUT2D eigenvalue weighted by atomic mass is 10.2. The third-order valence-corrected chi connectivity index (χ3v) is 3.33. The van der Waals surface area contributed by atoms with Crippen molar-refractivity contribution in [1.82, 2.24) is 10.2 Å². The highest BCUT2D eigenvalue weighted by molar-refractivity contribution is 5.74. The standard InChI is InChI=1S/C15H21FN2O3/c1-2-13(21-14-5-3-4-12(16)10-14)11-17-15(19)18-6-8-20-9-7-18/h3-5,10,13H,2,6-9,11H2,1H3,(H,17,19)/t13-/m1/s1. The van der Waals surface area contributed by atoms with Crippen LogP contribution < -0.4 is 10.1 Å². The van der Waals surface area contributed by atoms with Crippen molar-refractivity contribution in [3.63, 3.8) is 0 Å². The van der Waals surface area contributed by atoms with Gasteiger partial charge in [0, 0.05) is 19.2 Å². The Hall–Kier alpha value is -1.82. The summed E-state index contributed by atoms with van der Waals surface area (Å²) in [5, 5.41) is 2.85. The first-order chi connectivity index (χ1) is 10.2. The molecule has 0 radical (unpaired) electrons. The van der Waals surface area contributed by atoms with Gasteiger partial charge in [0.05, 0.1) is 19.8 Å². The number of nitrogens with one attached hydrogen (secondary N) is 1. The highest BCUT2D eigenvalue weighted by atomic mass is 19.1. The summed E-state index contributed by atoms with van der Waals surface area (Å²) in [6, 6.07) is 5.90. The van der Waals surface area contributed by atoms with Crippen LogP contribution in [0.1, 0.15) is 13.3 Å². The lowest BCUT2D eigenvalue weighted by Gasteiger charge is -2.28. The molecule has 0 aromatic heterocycles. The lowest BCUT2D eigenvalue weighted by molar-refractivity contribution is 0.0524. The first-order valence-electron chi connectivity index (χ1n) is 7.21. The average molecular weight is 296 g/mol. The summed E-state index contributed by atoms with van der Waals surface area (Å²) in [6.45, 7) is 4.71. The van der Waals surface area contributed by atoms with Gasteiger partial charge in [0.1, 0.15) is 17.7 Å². The fourth-order valence-corrected chi connectivity index (χ4v) is 2.08. The Balaban J connectivity index is 1.80.